The molecule has 0 bridgehead atoms. The molecule has 0 saturated carbocycles. The number of piperazine rings is 1. The fraction of sp³-hybridized carbons (Fsp3) is 0.500. The van der Waals surface area contributed by atoms with Crippen molar-refractivity contribution in [3.05, 3.63) is 53.6 Å². The van der Waals surface area contributed by atoms with Gasteiger partial charge in [0, 0.05) is 26.2 Å². The minimum absolute atomic E-state index is 0.537. The highest BCUT2D eigenvalue weighted by molar-refractivity contribution is 14.1. The highest BCUT2D eigenvalue weighted by Gasteiger charge is 2.24. The van der Waals surface area contributed by atoms with Gasteiger partial charge in [0.15, 0.2) is 11.5 Å². The van der Waals surface area contributed by atoms with Crippen molar-refractivity contribution in [1.29, 1.82) is 0 Å². The van der Waals surface area contributed by atoms with Crippen molar-refractivity contribution in [2.24, 2.45) is 0 Å². The Kier molecular flexibility index (Phi) is 9.08. The second-order valence-electron chi connectivity index (χ2n) is 7.64. The Balaban J connectivity index is 1.47. The Bertz CT molecular complexity index is 762. The Morgan fingerprint density at radius 1 is 0.867 bits per heavy atom. The molecular weight excluding hydrogens is 491 g/mol. The van der Waals surface area contributed by atoms with Gasteiger partial charge in [0.2, 0.25) is 5.75 Å². The maximum absolute atomic E-state index is 5.49. The Morgan fingerprint density at radius 2 is 1.57 bits per heavy atom. The predicted octanol–water partition coefficient (Wildman–Crippen LogP) is 4.27. The fourth-order valence-electron chi connectivity index (χ4n) is 3.99. The van der Waals surface area contributed by atoms with E-state index in [4.69, 9.17) is 14.2 Å². The molecule has 1 fully saturated rings. The lowest BCUT2D eigenvalue weighted by atomic mass is 10.1. The van der Waals surface area contributed by atoms with Gasteiger partial charge in [0.25, 0.3) is 0 Å². The first-order valence-corrected chi connectivity index (χ1v) is 11.8. The van der Waals surface area contributed by atoms with Crippen LogP contribution in [0.25, 0.3) is 0 Å². The van der Waals surface area contributed by atoms with E-state index in [1.807, 2.05) is 0 Å². The van der Waals surface area contributed by atoms with Gasteiger partial charge in [-0.25, -0.2) is 0 Å². The predicted molar refractivity (Wildman–Crippen MR) is 130 cm³/mol. The van der Waals surface area contributed by atoms with E-state index in [0.29, 0.717) is 9.80 Å². The van der Waals surface area contributed by atoms with E-state index in [1.165, 1.54) is 24.1 Å². The summed E-state index contributed by atoms with van der Waals surface area (Å²) < 4.78 is 16.9. The van der Waals surface area contributed by atoms with Crippen molar-refractivity contribution in [2.45, 2.75) is 23.3 Å². The molecular formula is C24H33IN2O3. The van der Waals surface area contributed by atoms with Gasteiger partial charge < -0.3 is 14.2 Å². The highest BCUT2D eigenvalue weighted by atomic mass is 127. The summed E-state index contributed by atoms with van der Waals surface area (Å²) >= 11 is 2.59. The standard InChI is InChI=1S/C24H33IN2O3/c1-28-21-16-20(17-22(29-2)24(21)30-3)11-13-27-15-14-26(18-23(27)25)12-7-10-19-8-5-4-6-9-19/h4-6,8-9,16-17,23H,7,10-15,18H2,1-3H3. The van der Waals surface area contributed by atoms with E-state index in [2.05, 4.69) is 74.9 Å². The summed E-state index contributed by atoms with van der Waals surface area (Å²) in [6, 6.07) is 14.9. The molecule has 1 unspecified atom stereocenters. The van der Waals surface area contributed by atoms with Crippen LogP contribution in [0.15, 0.2) is 42.5 Å². The average Bonchev–Trinajstić information content (AvgIpc) is 2.78. The smallest absolute Gasteiger partial charge is 0.203 e. The maximum atomic E-state index is 5.49. The zero-order valence-corrected chi connectivity index (χ0v) is 20.4. The quantitative estimate of drug-likeness (QED) is 0.264. The number of halogens is 1. The van der Waals surface area contributed by atoms with Crippen molar-refractivity contribution >= 4 is 22.6 Å². The molecule has 2 aromatic rings. The van der Waals surface area contributed by atoms with Crippen LogP contribution in [0.1, 0.15) is 17.5 Å². The Labute approximate surface area is 194 Å². The summed E-state index contributed by atoms with van der Waals surface area (Å²) in [6.45, 7) is 5.59. The summed E-state index contributed by atoms with van der Waals surface area (Å²) in [5, 5.41) is 0. The lowest BCUT2D eigenvalue weighted by molar-refractivity contribution is 0.123. The van der Waals surface area contributed by atoms with Crippen molar-refractivity contribution in [3.63, 3.8) is 0 Å². The van der Waals surface area contributed by atoms with Crippen molar-refractivity contribution in [1.82, 2.24) is 9.80 Å². The maximum Gasteiger partial charge on any atom is 0.203 e. The van der Waals surface area contributed by atoms with E-state index in [-0.39, 0.29) is 0 Å². The number of hydrogen-bond acceptors (Lipinski definition) is 5. The van der Waals surface area contributed by atoms with Gasteiger partial charge in [-0.3, -0.25) is 9.80 Å². The van der Waals surface area contributed by atoms with Crippen LogP contribution in [0, 0.1) is 0 Å². The minimum atomic E-state index is 0.537. The number of aryl methyl sites for hydroxylation is 1. The van der Waals surface area contributed by atoms with Crippen LogP contribution in [-0.2, 0) is 12.8 Å². The third kappa shape index (κ3) is 6.25. The summed E-state index contributed by atoms with van der Waals surface area (Å²) in [5.74, 6) is 2.10. The highest BCUT2D eigenvalue weighted by Crippen LogP contribution is 2.38. The Morgan fingerprint density at radius 3 is 2.17 bits per heavy atom. The monoisotopic (exact) mass is 524 g/mol. The second kappa shape index (κ2) is 11.8. The first-order chi connectivity index (χ1) is 14.6. The molecule has 164 valence electrons. The van der Waals surface area contributed by atoms with E-state index < -0.39 is 0 Å². The molecule has 1 atom stereocenters. The summed E-state index contributed by atoms with van der Waals surface area (Å²) in [5.41, 5.74) is 2.64. The number of rotatable bonds is 10. The van der Waals surface area contributed by atoms with E-state index >= 15 is 0 Å². The molecule has 1 aliphatic rings. The molecule has 3 rings (SSSR count). The molecule has 5 nitrogen and oxygen atoms in total. The molecule has 2 aromatic carbocycles. The first kappa shape index (κ1) is 23.2. The number of alkyl halides is 1. The number of ether oxygens (including phenoxy) is 3. The molecule has 0 N–H and O–H groups in total. The van der Waals surface area contributed by atoms with Crippen LogP contribution in [-0.4, -0.2) is 67.9 Å². The minimum Gasteiger partial charge on any atom is -0.493 e. The molecule has 0 spiro atoms. The zero-order valence-electron chi connectivity index (χ0n) is 18.3. The van der Waals surface area contributed by atoms with Gasteiger partial charge in [-0.1, -0.05) is 52.9 Å². The molecule has 0 amide bonds. The topological polar surface area (TPSA) is 34.2 Å². The zero-order chi connectivity index (χ0) is 21.3. The molecule has 1 heterocycles. The third-order valence-electron chi connectivity index (χ3n) is 5.70. The normalized spacial score (nSPS) is 17.7. The van der Waals surface area contributed by atoms with Crippen molar-refractivity contribution < 1.29 is 14.2 Å². The molecule has 30 heavy (non-hydrogen) atoms. The van der Waals surface area contributed by atoms with E-state index in [0.717, 1.165) is 50.5 Å². The summed E-state index contributed by atoms with van der Waals surface area (Å²) in [7, 11) is 4.97. The SMILES string of the molecule is COc1cc(CCN2CCN(CCCc3ccccc3)CC2I)cc(OC)c1OC. The van der Waals surface area contributed by atoms with Crippen LogP contribution < -0.4 is 14.2 Å². The molecule has 0 aliphatic carbocycles. The van der Waals surface area contributed by atoms with Crippen molar-refractivity contribution in [2.75, 3.05) is 54.1 Å². The lowest BCUT2D eigenvalue weighted by Gasteiger charge is -2.39. The van der Waals surface area contributed by atoms with E-state index in [9.17, 15) is 0 Å². The average molecular weight is 524 g/mol. The van der Waals surface area contributed by atoms with Gasteiger partial charge >= 0.3 is 0 Å². The molecule has 0 aromatic heterocycles. The van der Waals surface area contributed by atoms with Gasteiger partial charge in [-0.15, -0.1) is 0 Å². The van der Waals surface area contributed by atoms with Crippen molar-refractivity contribution in [3.8, 4) is 17.2 Å². The largest absolute Gasteiger partial charge is 0.493 e. The van der Waals surface area contributed by atoms with Gasteiger partial charge in [-0.05, 0) is 49.1 Å². The number of methoxy groups -OCH3 is 3. The van der Waals surface area contributed by atoms with Crippen LogP contribution in [0.5, 0.6) is 17.2 Å². The van der Waals surface area contributed by atoms with Crippen LogP contribution in [0.4, 0.5) is 0 Å². The molecule has 1 saturated heterocycles. The molecule has 1 aliphatic heterocycles. The van der Waals surface area contributed by atoms with Crippen LogP contribution >= 0.6 is 22.6 Å². The van der Waals surface area contributed by atoms with E-state index in [1.54, 1.807) is 21.3 Å². The lowest BCUT2D eigenvalue weighted by Crippen LogP contribution is -2.51. The van der Waals surface area contributed by atoms with Gasteiger partial charge in [-0.2, -0.15) is 0 Å². The molecule has 6 heteroatoms. The first-order valence-electron chi connectivity index (χ1n) is 10.6. The van der Waals surface area contributed by atoms with Crippen LogP contribution in [0.2, 0.25) is 0 Å². The second-order valence-corrected chi connectivity index (χ2v) is 9.08. The molecule has 0 radical (unpaired) electrons. The fourth-order valence-corrected chi connectivity index (χ4v) is 5.10. The third-order valence-corrected chi connectivity index (χ3v) is 6.89. The number of benzene rings is 2. The number of nitrogens with zero attached hydrogens (tertiary/aromatic N) is 2. The summed E-state index contributed by atoms with van der Waals surface area (Å²) in [4.78, 5) is 5.19. The van der Waals surface area contributed by atoms with Gasteiger partial charge in [0.05, 0.1) is 25.4 Å². The Hall–Kier alpha value is -1.51. The van der Waals surface area contributed by atoms with Gasteiger partial charge in [0.1, 0.15) is 0 Å². The number of hydrogen-bond donors (Lipinski definition) is 0. The van der Waals surface area contributed by atoms with Crippen LogP contribution in [0.3, 0.4) is 0 Å². The summed E-state index contributed by atoms with van der Waals surface area (Å²) in [6.07, 6.45) is 3.34.